The fourth-order valence-corrected chi connectivity index (χ4v) is 1.84. The van der Waals surface area contributed by atoms with Gasteiger partial charge in [-0.3, -0.25) is 0 Å². The molecule has 3 nitrogen and oxygen atoms in total. The van der Waals surface area contributed by atoms with Gasteiger partial charge in [-0.2, -0.15) is 10.2 Å². The van der Waals surface area contributed by atoms with Crippen molar-refractivity contribution in [2.45, 2.75) is 12.5 Å². The number of benzene rings is 1. The molecule has 0 amide bonds. The Morgan fingerprint density at radius 1 is 1.29 bits per heavy atom. The van der Waals surface area contributed by atoms with Crippen molar-refractivity contribution in [1.82, 2.24) is 10.2 Å². The number of aliphatic hydroxyl groups excluding tert-OH is 1. The average molecular weight is 297 g/mol. The van der Waals surface area contributed by atoms with Crippen molar-refractivity contribution in [1.29, 1.82) is 0 Å². The maximum atomic E-state index is 13.6. The molecule has 2 rings (SSSR count). The topological polar surface area (TPSA) is 46.0 Å². The fraction of sp³-hybridized carbons (Fsp3) is 0.167. The first kappa shape index (κ1) is 12.1. The number of rotatable bonds is 3. The summed E-state index contributed by atoms with van der Waals surface area (Å²) in [4.78, 5) is 0. The molecule has 1 aromatic carbocycles. The molecule has 0 radical (unpaired) electrons. The molecule has 0 bridgehead atoms. The zero-order valence-electron chi connectivity index (χ0n) is 8.85. The van der Waals surface area contributed by atoms with Gasteiger partial charge in [0.15, 0.2) is 0 Å². The highest BCUT2D eigenvalue weighted by Crippen LogP contribution is 2.21. The maximum Gasteiger partial charge on any atom is 0.127 e. The molecule has 1 atom stereocenters. The number of hydrogen-bond acceptors (Lipinski definition) is 3. The van der Waals surface area contributed by atoms with Crippen LogP contribution in [0.2, 0.25) is 0 Å². The minimum Gasteiger partial charge on any atom is -0.388 e. The van der Waals surface area contributed by atoms with Gasteiger partial charge >= 0.3 is 0 Å². The summed E-state index contributed by atoms with van der Waals surface area (Å²) in [6.07, 6.45) is 2.41. The number of nitrogens with zero attached hydrogens (tertiary/aromatic N) is 2. The van der Waals surface area contributed by atoms with E-state index in [1.807, 2.05) is 0 Å². The lowest BCUT2D eigenvalue weighted by molar-refractivity contribution is 0.176. The molecule has 2 aromatic rings. The molecule has 0 aliphatic rings. The van der Waals surface area contributed by atoms with E-state index >= 15 is 0 Å². The summed E-state index contributed by atoms with van der Waals surface area (Å²) >= 11 is 3.19. The SMILES string of the molecule is OC(Cc1ccc(Br)cc1F)c1ccnnc1. The van der Waals surface area contributed by atoms with Gasteiger partial charge in [-0.25, -0.2) is 4.39 Å². The van der Waals surface area contributed by atoms with Crippen LogP contribution >= 0.6 is 15.9 Å². The molecule has 1 heterocycles. The molecule has 1 unspecified atom stereocenters. The second-order valence-electron chi connectivity index (χ2n) is 3.63. The first-order chi connectivity index (χ1) is 8.16. The van der Waals surface area contributed by atoms with E-state index in [9.17, 15) is 9.50 Å². The Bertz CT molecular complexity index is 507. The van der Waals surface area contributed by atoms with E-state index in [2.05, 4.69) is 26.1 Å². The second-order valence-corrected chi connectivity index (χ2v) is 4.55. The molecule has 0 aliphatic heterocycles. The van der Waals surface area contributed by atoms with Gasteiger partial charge < -0.3 is 5.11 Å². The van der Waals surface area contributed by atoms with E-state index in [0.717, 1.165) is 0 Å². The Labute approximate surface area is 106 Å². The number of aromatic nitrogens is 2. The molecule has 5 heteroatoms. The summed E-state index contributed by atoms with van der Waals surface area (Å²) in [5.41, 5.74) is 1.10. The van der Waals surface area contributed by atoms with Gasteiger partial charge in [0.1, 0.15) is 5.82 Å². The molecule has 17 heavy (non-hydrogen) atoms. The van der Waals surface area contributed by atoms with Gasteiger partial charge in [-0.05, 0) is 23.8 Å². The van der Waals surface area contributed by atoms with Crippen LogP contribution in [-0.4, -0.2) is 15.3 Å². The Hall–Kier alpha value is -1.33. The van der Waals surface area contributed by atoms with Crippen LogP contribution < -0.4 is 0 Å². The third-order valence-electron chi connectivity index (χ3n) is 2.42. The smallest absolute Gasteiger partial charge is 0.127 e. The third kappa shape index (κ3) is 3.08. The van der Waals surface area contributed by atoms with Crippen molar-refractivity contribution in [3.05, 3.63) is 58.1 Å². The average Bonchev–Trinajstić information content (AvgIpc) is 2.34. The Balaban J connectivity index is 2.16. The Morgan fingerprint density at radius 2 is 2.12 bits per heavy atom. The summed E-state index contributed by atoms with van der Waals surface area (Å²) in [5.74, 6) is -0.333. The monoisotopic (exact) mass is 296 g/mol. The van der Waals surface area contributed by atoms with Crippen molar-refractivity contribution in [2.24, 2.45) is 0 Å². The van der Waals surface area contributed by atoms with Crippen LogP contribution in [0.4, 0.5) is 4.39 Å². The standard InChI is InChI=1S/C12H10BrFN2O/c13-10-2-1-8(11(14)6-10)5-12(17)9-3-4-15-16-7-9/h1-4,6-7,12,17H,5H2. The summed E-state index contributed by atoms with van der Waals surface area (Å²) in [5, 5.41) is 17.2. The molecule has 0 aliphatic carbocycles. The molecule has 1 N–H and O–H groups in total. The van der Waals surface area contributed by atoms with E-state index in [0.29, 0.717) is 15.6 Å². The fourth-order valence-electron chi connectivity index (χ4n) is 1.51. The highest BCUT2D eigenvalue weighted by Gasteiger charge is 2.12. The highest BCUT2D eigenvalue weighted by molar-refractivity contribution is 9.10. The largest absolute Gasteiger partial charge is 0.388 e. The zero-order valence-corrected chi connectivity index (χ0v) is 10.4. The quantitative estimate of drug-likeness (QED) is 0.947. The molecule has 0 fully saturated rings. The second kappa shape index (κ2) is 5.33. The van der Waals surface area contributed by atoms with Crippen LogP contribution in [0.3, 0.4) is 0 Å². The Kier molecular flexibility index (Phi) is 3.81. The predicted octanol–water partition coefficient (Wildman–Crippen LogP) is 2.65. The third-order valence-corrected chi connectivity index (χ3v) is 2.91. The summed E-state index contributed by atoms with van der Waals surface area (Å²) in [6, 6.07) is 6.44. The van der Waals surface area contributed by atoms with Crippen molar-refractivity contribution >= 4 is 15.9 Å². The van der Waals surface area contributed by atoms with Gasteiger partial charge in [0.25, 0.3) is 0 Å². The minimum absolute atomic E-state index is 0.213. The van der Waals surface area contributed by atoms with E-state index in [-0.39, 0.29) is 12.2 Å². The van der Waals surface area contributed by atoms with E-state index in [1.54, 1.807) is 18.2 Å². The number of halogens is 2. The van der Waals surface area contributed by atoms with Crippen molar-refractivity contribution < 1.29 is 9.50 Å². The van der Waals surface area contributed by atoms with Crippen LogP contribution in [0, 0.1) is 5.82 Å². The van der Waals surface area contributed by atoms with Crippen LogP contribution in [0.15, 0.2) is 41.1 Å². The molecule has 1 aromatic heterocycles. The maximum absolute atomic E-state index is 13.6. The lowest BCUT2D eigenvalue weighted by atomic mass is 10.0. The molecule has 0 saturated carbocycles. The van der Waals surface area contributed by atoms with E-state index in [4.69, 9.17) is 0 Å². The van der Waals surface area contributed by atoms with Crippen LogP contribution in [0.1, 0.15) is 17.2 Å². The summed E-state index contributed by atoms with van der Waals surface area (Å²) < 4.78 is 14.2. The van der Waals surface area contributed by atoms with Crippen LogP contribution in [-0.2, 0) is 6.42 Å². The van der Waals surface area contributed by atoms with Gasteiger partial charge in [-0.1, -0.05) is 22.0 Å². The van der Waals surface area contributed by atoms with Gasteiger partial charge in [0.2, 0.25) is 0 Å². The first-order valence-corrected chi connectivity index (χ1v) is 5.84. The van der Waals surface area contributed by atoms with Gasteiger partial charge in [0, 0.05) is 22.7 Å². The van der Waals surface area contributed by atoms with Crippen LogP contribution in [0.25, 0.3) is 0 Å². The van der Waals surface area contributed by atoms with E-state index < -0.39 is 6.10 Å². The van der Waals surface area contributed by atoms with Gasteiger partial charge in [0.05, 0.1) is 12.3 Å². The molecule has 0 saturated heterocycles. The van der Waals surface area contributed by atoms with Gasteiger partial charge in [-0.15, -0.1) is 0 Å². The lowest BCUT2D eigenvalue weighted by Crippen LogP contribution is -2.04. The van der Waals surface area contributed by atoms with Crippen molar-refractivity contribution in [2.75, 3.05) is 0 Å². The molecule has 0 spiro atoms. The zero-order chi connectivity index (χ0) is 12.3. The summed E-state index contributed by atoms with van der Waals surface area (Å²) in [6.45, 7) is 0. The Morgan fingerprint density at radius 3 is 2.76 bits per heavy atom. The molecular formula is C12H10BrFN2O. The number of hydrogen-bond donors (Lipinski definition) is 1. The molecular weight excluding hydrogens is 287 g/mol. The normalized spacial score (nSPS) is 12.4. The lowest BCUT2D eigenvalue weighted by Gasteiger charge is -2.10. The van der Waals surface area contributed by atoms with Crippen molar-refractivity contribution in [3.63, 3.8) is 0 Å². The first-order valence-electron chi connectivity index (χ1n) is 5.05. The van der Waals surface area contributed by atoms with E-state index in [1.165, 1.54) is 18.5 Å². The predicted molar refractivity (Wildman–Crippen MR) is 64.8 cm³/mol. The summed E-state index contributed by atoms with van der Waals surface area (Å²) in [7, 11) is 0. The van der Waals surface area contributed by atoms with Crippen LogP contribution in [0.5, 0.6) is 0 Å². The molecule has 88 valence electrons. The highest BCUT2D eigenvalue weighted by atomic mass is 79.9. The minimum atomic E-state index is -0.777. The number of aliphatic hydroxyl groups is 1. The van der Waals surface area contributed by atoms with Crippen molar-refractivity contribution in [3.8, 4) is 0 Å².